The smallest absolute Gasteiger partial charge is 0.173 e. The molecule has 0 aliphatic carbocycles. The number of halogens is 2. The van der Waals surface area contributed by atoms with Crippen LogP contribution in [0.5, 0.6) is 0 Å². The third-order valence-corrected chi connectivity index (χ3v) is 3.52. The summed E-state index contributed by atoms with van der Waals surface area (Å²) in [6.45, 7) is 0.949. The summed E-state index contributed by atoms with van der Waals surface area (Å²) >= 11 is 0. The first kappa shape index (κ1) is 13.1. The lowest BCUT2D eigenvalue weighted by Crippen LogP contribution is -2.43. The van der Waals surface area contributed by atoms with Crippen LogP contribution in [-0.2, 0) is 4.74 Å². The standard InChI is InChI=1S/C13H15F2NO2/c14-10-3-1-2-9(11(10)15)12(17)13(8-16)4-6-18-7-5-13/h1-3H,4-8,16H2. The second kappa shape index (κ2) is 5.12. The van der Waals surface area contributed by atoms with Crippen LogP contribution >= 0.6 is 0 Å². The molecule has 1 fully saturated rings. The second-order valence-corrected chi connectivity index (χ2v) is 4.53. The molecule has 1 saturated heterocycles. The number of hydrogen-bond acceptors (Lipinski definition) is 3. The Balaban J connectivity index is 2.37. The molecule has 3 nitrogen and oxygen atoms in total. The first-order valence-electron chi connectivity index (χ1n) is 5.87. The molecule has 0 aromatic heterocycles. The predicted molar refractivity (Wildman–Crippen MR) is 62.2 cm³/mol. The minimum atomic E-state index is -1.10. The summed E-state index contributed by atoms with van der Waals surface area (Å²) in [6, 6.07) is 3.62. The normalized spacial score (nSPS) is 18.6. The molecule has 0 spiro atoms. The highest BCUT2D eigenvalue weighted by Gasteiger charge is 2.40. The van der Waals surface area contributed by atoms with Crippen molar-refractivity contribution in [3.63, 3.8) is 0 Å². The zero-order chi connectivity index (χ0) is 13.2. The van der Waals surface area contributed by atoms with E-state index in [2.05, 4.69) is 0 Å². The number of ether oxygens (including phenoxy) is 1. The largest absolute Gasteiger partial charge is 0.381 e. The van der Waals surface area contributed by atoms with Gasteiger partial charge in [-0.1, -0.05) is 6.07 Å². The van der Waals surface area contributed by atoms with Gasteiger partial charge in [0.1, 0.15) is 0 Å². The van der Waals surface area contributed by atoms with Gasteiger partial charge in [0.15, 0.2) is 17.4 Å². The van der Waals surface area contributed by atoms with Crippen molar-refractivity contribution in [1.82, 2.24) is 0 Å². The number of ketones is 1. The number of Topliss-reactive ketones (excluding diaryl/α,β-unsaturated/α-hetero) is 1. The van der Waals surface area contributed by atoms with E-state index in [4.69, 9.17) is 10.5 Å². The number of hydrogen-bond donors (Lipinski definition) is 1. The summed E-state index contributed by atoms with van der Waals surface area (Å²) in [6.07, 6.45) is 0.885. The van der Waals surface area contributed by atoms with Crippen LogP contribution in [0.25, 0.3) is 0 Å². The molecule has 1 heterocycles. The molecule has 0 amide bonds. The molecular weight excluding hydrogens is 240 g/mol. The molecule has 1 aliphatic heterocycles. The fourth-order valence-corrected chi connectivity index (χ4v) is 2.25. The summed E-state index contributed by atoms with van der Waals surface area (Å²) in [7, 11) is 0. The minimum Gasteiger partial charge on any atom is -0.381 e. The van der Waals surface area contributed by atoms with Crippen molar-refractivity contribution < 1.29 is 18.3 Å². The van der Waals surface area contributed by atoms with Crippen molar-refractivity contribution in [3.8, 4) is 0 Å². The van der Waals surface area contributed by atoms with Gasteiger partial charge in [0.25, 0.3) is 0 Å². The van der Waals surface area contributed by atoms with E-state index in [-0.39, 0.29) is 12.1 Å². The van der Waals surface area contributed by atoms with Crippen molar-refractivity contribution >= 4 is 5.78 Å². The molecule has 5 heteroatoms. The van der Waals surface area contributed by atoms with E-state index >= 15 is 0 Å². The van der Waals surface area contributed by atoms with Gasteiger partial charge >= 0.3 is 0 Å². The monoisotopic (exact) mass is 255 g/mol. The lowest BCUT2D eigenvalue weighted by molar-refractivity contribution is 0.0197. The SMILES string of the molecule is NCC1(C(=O)c2cccc(F)c2F)CCOCC1. The number of carbonyl (C=O) groups is 1. The van der Waals surface area contributed by atoms with E-state index in [1.807, 2.05) is 0 Å². The summed E-state index contributed by atoms with van der Waals surface area (Å²) in [5.41, 5.74) is 4.63. The topological polar surface area (TPSA) is 52.3 Å². The van der Waals surface area contributed by atoms with Crippen molar-refractivity contribution in [2.75, 3.05) is 19.8 Å². The highest BCUT2D eigenvalue weighted by atomic mass is 19.2. The van der Waals surface area contributed by atoms with Crippen molar-refractivity contribution in [2.24, 2.45) is 11.1 Å². The maximum atomic E-state index is 13.6. The Morgan fingerprint density at radius 2 is 2.00 bits per heavy atom. The van der Waals surface area contributed by atoms with Crippen molar-refractivity contribution in [2.45, 2.75) is 12.8 Å². The molecule has 0 radical (unpaired) electrons. The van der Waals surface area contributed by atoms with Crippen LogP contribution in [0.15, 0.2) is 18.2 Å². The molecule has 18 heavy (non-hydrogen) atoms. The summed E-state index contributed by atoms with van der Waals surface area (Å²) < 4.78 is 32.0. The van der Waals surface area contributed by atoms with Gasteiger partial charge in [0, 0.05) is 19.8 Å². The molecule has 2 rings (SSSR count). The van der Waals surface area contributed by atoms with Crippen molar-refractivity contribution in [1.29, 1.82) is 0 Å². The molecule has 0 saturated carbocycles. The zero-order valence-corrected chi connectivity index (χ0v) is 9.92. The average molecular weight is 255 g/mol. The molecule has 2 N–H and O–H groups in total. The van der Waals surface area contributed by atoms with Gasteiger partial charge in [0.2, 0.25) is 0 Å². The predicted octanol–water partition coefficient (Wildman–Crippen LogP) is 1.90. The van der Waals surface area contributed by atoms with E-state index in [1.165, 1.54) is 12.1 Å². The third-order valence-electron chi connectivity index (χ3n) is 3.52. The highest BCUT2D eigenvalue weighted by Crippen LogP contribution is 2.34. The van der Waals surface area contributed by atoms with Crippen LogP contribution in [0.1, 0.15) is 23.2 Å². The molecule has 1 aromatic rings. The Morgan fingerprint density at radius 1 is 1.33 bits per heavy atom. The quantitative estimate of drug-likeness (QED) is 0.839. The average Bonchev–Trinajstić information content (AvgIpc) is 2.42. The van der Waals surface area contributed by atoms with Crippen LogP contribution < -0.4 is 5.73 Å². The summed E-state index contributed by atoms with van der Waals surface area (Å²) in [5.74, 6) is -2.54. The molecule has 0 unspecified atom stereocenters. The first-order valence-corrected chi connectivity index (χ1v) is 5.87. The van der Waals surface area contributed by atoms with E-state index in [9.17, 15) is 13.6 Å². The van der Waals surface area contributed by atoms with Crippen LogP contribution in [0, 0.1) is 17.0 Å². The van der Waals surface area contributed by atoms with Crippen molar-refractivity contribution in [3.05, 3.63) is 35.4 Å². The molecule has 0 bridgehead atoms. The summed E-state index contributed by atoms with van der Waals surface area (Å²) in [5, 5.41) is 0. The fourth-order valence-electron chi connectivity index (χ4n) is 2.25. The van der Waals surface area contributed by atoms with Gasteiger partial charge in [-0.3, -0.25) is 4.79 Å². The number of carbonyl (C=O) groups excluding carboxylic acids is 1. The van der Waals surface area contributed by atoms with Crippen LogP contribution in [0.4, 0.5) is 8.78 Å². The Morgan fingerprint density at radius 3 is 2.61 bits per heavy atom. The summed E-state index contributed by atoms with van der Waals surface area (Å²) in [4.78, 5) is 12.4. The van der Waals surface area contributed by atoms with Gasteiger partial charge in [-0.25, -0.2) is 8.78 Å². The minimum absolute atomic E-state index is 0.116. The van der Waals surface area contributed by atoms with Crippen LogP contribution in [0.3, 0.4) is 0 Å². The number of rotatable bonds is 3. The molecular formula is C13H15F2NO2. The van der Waals surface area contributed by atoms with E-state index < -0.39 is 22.8 Å². The Kier molecular flexibility index (Phi) is 3.73. The molecule has 1 aromatic carbocycles. The van der Waals surface area contributed by atoms with E-state index in [0.29, 0.717) is 26.1 Å². The second-order valence-electron chi connectivity index (χ2n) is 4.53. The fraction of sp³-hybridized carbons (Fsp3) is 0.462. The van der Waals surface area contributed by atoms with Crippen LogP contribution in [-0.4, -0.2) is 25.5 Å². The van der Waals surface area contributed by atoms with Gasteiger partial charge in [0.05, 0.1) is 11.0 Å². The number of benzene rings is 1. The third kappa shape index (κ3) is 2.15. The van der Waals surface area contributed by atoms with Gasteiger partial charge in [-0.05, 0) is 25.0 Å². The Hall–Kier alpha value is -1.33. The van der Waals surface area contributed by atoms with E-state index in [0.717, 1.165) is 6.07 Å². The van der Waals surface area contributed by atoms with Gasteiger partial charge in [-0.15, -0.1) is 0 Å². The highest BCUT2D eigenvalue weighted by molar-refractivity contribution is 6.01. The Bertz CT molecular complexity index is 456. The maximum Gasteiger partial charge on any atom is 0.173 e. The lowest BCUT2D eigenvalue weighted by atomic mass is 9.74. The van der Waals surface area contributed by atoms with Gasteiger partial charge < -0.3 is 10.5 Å². The van der Waals surface area contributed by atoms with E-state index in [1.54, 1.807) is 0 Å². The molecule has 0 atom stereocenters. The van der Waals surface area contributed by atoms with Gasteiger partial charge in [-0.2, -0.15) is 0 Å². The van der Waals surface area contributed by atoms with Crippen LogP contribution in [0.2, 0.25) is 0 Å². The molecule has 98 valence electrons. The molecule has 1 aliphatic rings. The Labute approximate surface area is 104 Å². The zero-order valence-electron chi connectivity index (χ0n) is 9.92. The lowest BCUT2D eigenvalue weighted by Gasteiger charge is -2.34. The maximum absolute atomic E-state index is 13.6. The first-order chi connectivity index (χ1) is 8.60. The number of nitrogens with two attached hydrogens (primary N) is 1.